The van der Waals surface area contributed by atoms with Crippen LogP contribution >= 0.6 is 0 Å². The van der Waals surface area contributed by atoms with E-state index in [-0.39, 0.29) is 29.7 Å². The molecule has 0 aliphatic heterocycles. The summed E-state index contributed by atoms with van der Waals surface area (Å²) in [5, 5.41) is 9.43. The summed E-state index contributed by atoms with van der Waals surface area (Å²) in [5.74, 6) is 0.177. The lowest BCUT2D eigenvalue weighted by atomic mass is 9.96. The highest BCUT2D eigenvalue weighted by Crippen LogP contribution is 2.26. The van der Waals surface area contributed by atoms with Crippen molar-refractivity contribution in [2.24, 2.45) is 0 Å². The monoisotopic (exact) mass is 392 g/mol. The molecule has 0 saturated carbocycles. The minimum Gasteiger partial charge on any atom is -0.350 e. The number of aromatic nitrogens is 2. The molecular weight excluding hydrogens is 368 g/mol. The largest absolute Gasteiger partial charge is 0.350 e. The Kier molecular flexibility index (Phi) is 6.07. The fourth-order valence-electron chi connectivity index (χ4n) is 2.62. The van der Waals surface area contributed by atoms with E-state index in [0.717, 1.165) is 5.56 Å². The second-order valence-corrected chi connectivity index (χ2v) is 7.66. The fraction of sp³-hybridized carbons (Fsp3) is 0.273. The van der Waals surface area contributed by atoms with Gasteiger partial charge in [0.25, 0.3) is 11.8 Å². The van der Waals surface area contributed by atoms with Gasteiger partial charge in [0.05, 0.1) is 17.7 Å². The van der Waals surface area contributed by atoms with Crippen LogP contribution in [-0.2, 0) is 16.8 Å². The van der Waals surface area contributed by atoms with Gasteiger partial charge < -0.3 is 15.2 Å². The van der Waals surface area contributed by atoms with E-state index in [1.54, 1.807) is 24.3 Å². The number of carbonyl (C=O) groups is 2. The third-order valence-electron chi connectivity index (χ3n) is 4.24. The molecule has 150 valence electrons. The molecule has 29 heavy (non-hydrogen) atoms. The first-order valence-electron chi connectivity index (χ1n) is 9.37. The summed E-state index contributed by atoms with van der Waals surface area (Å²) in [5.41, 5.74) is 1.62. The van der Waals surface area contributed by atoms with E-state index in [9.17, 15) is 9.59 Å². The lowest BCUT2D eigenvalue weighted by Gasteiger charge is -2.11. The molecule has 0 unspecified atom stereocenters. The van der Waals surface area contributed by atoms with Gasteiger partial charge in [0.15, 0.2) is 5.82 Å². The average molecular weight is 392 g/mol. The van der Waals surface area contributed by atoms with E-state index in [2.05, 4.69) is 20.8 Å². The normalized spacial score (nSPS) is 11.1. The Hall–Kier alpha value is -3.48. The highest BCUT2D eigenvalue weighted by Gasteiger charge is 2.23. The zero-order valence-electron chi connectivity index (χ0n) is 16.7. The molecule has 1 heterocycles. The molecule has 3 aromatic rings. The molecule has 0 spiro atoms. The smallest absolute Gasteiger partial charge is 0.258 e. The van der Waals surface area contributed by atoms with Crippen LogP contribution in [0.3, 0.4) is 0 Å². The van der Waals surface area contributed by atoms with Crippen molar-refractivity contribution in [2.75, 3.05) is 6.54 Å². The Morgan fingerprint density at radius 1 is 0.966 bits per heavy atom. The maximum absolute atomic E-state index is 12.6. The van der Waals surface area contributed by atoms with Crippen LogP contribution in [0.5, 0.6) is 0 Å². The summed E-state index contributed by atoms with van der Waals surface area (Å²) >= 11 is 0. The Labute approximate surface area is 169 Å². The molecule has 2 N–H and O–H groups in total. The van der Waals surface area contributed by atoms with Crippen molar-refractivity contribution in [3.63, 3.8) is 0 Å². The number of nitrogens with one attached hydrogen (secondary N) is 2. The highest BCUT2D eigenvalue weighted by molar-refractivity contribution is 6.01. The number of hydrogen-bond donors (Lipinski definition) is 2. The molecule has 7 nitrogen and oxygen atoms in total. The third kappa shape index (κ3) is 5.28. The molecule has 0 bridgehead atoms. The van der Waals surface area contributed by atoms with E-state index in [1.165, 1.54) is 0 Å². The maximum Gasteiger partial charge on any atom is 0.258 e. The van der Waals surface area contributed by atoms with Crippen LogP contribution in [0.15, 0.2) is 59.1 Å². The maximum atomic E-state index is 12.6. The first-order chi connectivity index (χ1) is 13.8. The summed E-state index contributed by atoms with van der Waals surface area (Å²) in [4.78, 5) is 29.1. The van der Waals surface area contributed by atoms with Gasteiger partial charge in [0.1, 0.15) is 0 Å². The van der Waals surface area contributed by atoms with Crippen molar-refractivity contribution in [3.8, 4) is 11.5 Å². The van der Waals surface area contributed by atoms with Crippen molar-refractivity contribution >= 4 is 11.8 Å². The van der Waals surface area contributed by atoms with Gasteiger partial charge in [-0.15, -0.1) is 0 Å². The Morgan fingerprint density at radius 2 is 1.66 bits per heavy atom. The van der Waals surface area contributed by atoms with Crippen LogP contribution in [0.25, 0.3) is 11.5 Å². The first-order valence-corrected chi connectivity index (χ1v) is 9.37. The first kappa shape index (κ1) is 20.3. The number of benzene rings is 2. The summed E-state index contributed by atoms with van der Waals surface area (Å²) in [6, 6.07) is 16.5. The van der Waals surface area contributed by atoms with Crippen molar-refractivity contribution < 1.29 is 14.1 Å². The van der Waals surface area contributed by atoms with E-state index in [4.69, 9.17) is 4.52 Å². The molecule has 0 saturated heterocycles. The summed E-state index contributed by atoms with van der Waals surface area (Å²) < 4.78 is 5.36. The van der Waals surface area contributed by atoms with Crippen LogP contribution in [0.2, 0.25) is 0 Å². The van der Waals surface area contributed by atoms with Crippen LogP contribution in [0.4, 0.5) is 0 Å². The van der Waals surface area contributed by atoms with E-state index in [1.807, 2.05) is 51.1 Å². The van der Waals surface area contributed by atoms with Crippen molar-refractivity contribution in [1.29, 1.82) is 0 Å². The minimum atomic E-state index is -0.383. The van der Waals surface area contributed by atoms with Gasteiger partial charge >= 0.3 is 0 Å². The summed E-state index contributed by atoms with van der Waals surface area (Å²) in [7, 11) is 0. The van der Waals surface area contributed by atoms with Gasteiger partial charge in [-0.2, -0.15) is 4.98 Å². The van der Waals surface area contributed by atoms with Gasteiger partial charge in [-0.1, -0.05) is 68.4 Å². The Bertz CT molecular complexity index is 991. The molecule has 7 heteroatoms. The number of amides is 2. The molecule has 2 amide bonds. The quantitative estimate of drug-likeness (QED) is 0.672. The van der Waals surface area contributed by atoms with Crippen LogP contribution in [0, 0.1) is 0 Å². The van der Waals surface area contributed by atoms with Gasteiger partial charge in [-0.3, -0.25) is 9.59 Å². The van der Waals surface area contributed by atoms with E-state index >= 15 is 0 Å². The number of carbonyl (C=O) groups excluding carboxylic acids is 2. The molecule has 0 fully saturated rings. The molecule has 3 rings (SSSR count). The van der Waals surface area contributed by atoms with Crippen molar-refractivity contribution in [2.45, 2.75) is 32.7 Å². The molecule has 0 aliphatic carbocycles. The van der Waals surface area contributed by atoms with Crippen LogP contribution in [0.1, 0.15) is 42.5 Å². The molecule has 2 aromatic carbocycles. The topological polar surface area (TPSA) is 97.1 Å². The lowest BCUT2D eigenvalue weighted by Crippen LogP contribution is -2.36. The average Bonchev–Trinajstić information content (AvgIpc) is 3.22. The lowest BCUT2D eigenvalue weighted by molar-refractivity contribution is -0.120. The number of hydrogen-bond acceptors (Lipinski definition) is 5. The predicted molar refractivity (Wildman–Crippen MR) is 109 cm³/mol. The van der Waals surface area contributed by atoms with Gasteiger partial charge in [0, 0.05) is 12.0 Å². The Balaban J connectivity index is 1.64. The fourth-order valence-corrected chi connectivity index (χ4v) is 2.62. The summed E-state index contributed by atoms with van der Waals surface area (Å²) in [6.07, 6.45) is 0. The van der Waals surface area contributed by atoms with Gasteiger partial charge in [-0.25, -0.2) is 0 Å². The molecule has 0 atom stereocenters. The van der Waals surface area contributed by atoms with E-state index in [0.29, 0.717) is 23.5 Å². The molecular formula is C22H24N4O3. The second kappa shape index (κ2) is 8.68. The van der Waals surface area contributed by atoms with Crippen LogP contribution < -0.4 is 10.6 Å². The second-order valence-electron chi connectivity index (χ2n) is 7.66. The van der Waals surface area contributed by atoms with E-state index < -0.39 is 0 Å². The zero-order chi connectivity index (χ0) is 20.9. The highest BCUT2D eigenvalue weighted by atomic mass is 16.5. The van der Waals surface area contributed by atoms with Crippen molar-refractivity contribution in [1.82, 2.24) is 20.8 Å². The molecule has 1 aromatic heterocycles. The van der Waals surface area contributed by atoms with Crippen LogP contribution in [-0.4, -0.2) is 28.5 Å². The molecule has 0 aliphatic rings. The zero-order valence-corrected chi connectivity index (χ0v) is 16.7. The third-order valence-corrected chi connectivity index (χ3v) is 4.24. The predicted octanol–water partition coefficient (Wildman–Crippen LogP) is 3.08. The minimum absolute atomic E-state index is 0.128. The number of rotatable bonds is 6. The van der Waals surface area contributed by atoms with Gasteiger partial charge in [-0.05, 0) is 17.7 Å². The van der Waals surface area contributed by atoms with Gasteiger partial charge in [0.2, 0.25) is 5.91 Å². The van der Waals surface area contributed by atoms with Crippen molar-refractivity contribution in [3.05, 3.63) is 71.5 Å². The standard InChI is InChI=1S/C22H24N4O3/c1-22(2,3)21-25-20(29-26-21)17-12-8-7-11-16(17)19(28)24-14-18(27)23-13-15-9-5-4-6-10-15/h4-12H,13-14H2,1-3H3,(H,23,27)(H,24,28). The number of nitrogens with zero attached hydrogens (tertiary/aromatic N) is 2. The SMILES string of the molecule is CC(C)(C)c1noc(-c2ccccc2C(=O)NCC(=O)NCc2ccccc2)n1. The molecule has 0 radical (unpaired) electrons. The summed E-state index contributed by atoms with van der Waals surface area (Å²) in [6.45, 7) is 6.22. The Morgan fingerprint density at radius 3 is 2.34 bits per heavy atom.